The standard InChI is InChI=1S/C15H15N3O/c1-11-2-3-15-12(6-11)7-13(8-16-15)14-9-17-18(10-14)4-5-19/h2-3,6-10,19H,4-5H2,1H3. The molecule has 1 N–H and O–H groups in total. The van der Waals surface area contributed by atoms with E-state index in [0.29, 0.717) is 6.54 Å². The first-order valence-electron chi connectivity index (χ1n) is 6.26. The van der Waals surface area contributed by atoms with Crippen molar-refractivity contribution in [3.8, 4) is 11.1 Å². The number of aryl methyl sites for hydroxylation is 1. The van der Waals surface area contributed by atoms with Gasteiger partial charge in [-0.15, -0.1) is 0 Å². The van der Waals surface area contributed by atoms with Gasteiger partial charge in [-0.25, -0.2) is 0 Å². The van der Waals surface area contributed by atoms with Crippen LogP contribution in [0, 0.1) is 6.92 Å². The maximum absolute atomic E-state index is 8.90. The largest absolute Gasteiger partial charge is 0.394 e. The van der Waals surface area contributed by atoms with Crippen LogP contribution >= 0.6 is 0 Å². The molecular weight excluding hydrogens is 238 g/mol. The second kappa shape index (κ2) is 4.82. The van der Waals surface area contributed by atoms with E-state index in [-0.39, 0.29) is 6.61 Å². The first-order chi connectivity index (χ1) is 9.26. The molecule has 2 heterocycles. The summed E-state index contributed by atoms with van der Waals surface area (Å²) in [5, 5.41) is 14.2. The monoisotopic (exact) mass is 253 g/mol. The van der Waals surface area contributed by atoms with Crippen molar-refractivity contribution in [2.75, 3.05) is 6.61 Å². The minimum absolute atomic E-state index is 0.0935. The zero-order valence-electron chi connectivity index (χ0n) is 10.7. The van der Waals surface area contributed by atoms with Crippen molar-refractivity contribution in [3.05, 3.63) is 48.4 Å². The highest BCUT2D eigenvalue weighted by Crippen LogP contribution is 2.22. The molecule has 4 heteroatoms. The molecule has 0 saturated heterocycles. The molecule has 0 spiro atoms. The van der Waals surface area contributed by atoms with Gasteiger partial charge in [0.05, 0.1) is 24.9 Å². The van der Waals surface area contributed by atoms with E-state index in [1.54, 1.807) is 10.9 Å². The lowest BCUT2D eigenvalue weighted by Crippen LogP contribution is -2.01. The van der Waals surface area contributed by atoms with Gasteiger partial charge in [-0.2, -0.15) is 5.10 Å². The molecule has 96 valence electrons. The van der Waals surface area contributed by atoms with Gasteiger partial charge >= 0.3 is 0 Å². The molecule has 0 radical (unpaired) electrons. The molecular formula is C15H15N3O. The van der Waals surface area contributed by atoms with E-state index in [1.807, 2.05) is 18.5 Å². The molecule has 0 aliphatic carbocycles. The zero-order valence-corrected chi connectivity index (χ0v) is 10.7. The van der Waals surface area contributed by atoms with Crippen LogP contribution in [-0.2, 0) is 6.54 Å². The Balaban J connectivity index is 2.03. The van der Waals surface area contributed by atoms with Gasteiger partial charge in [0.25, 0.3) is 0 Å². The van der Waals surface area contributed by atoms with Gasteiger partial charge in [0.2, 0.25) is 0 Å². The fourth-order valence-corrected chi connectivity index (χ4v) is 2.15. The Labute approximate surface area is 111 Å². The van der Waals surface area contributed by atoms with Gasteiger partial charge in [-0.1, -0.05) is 11.6 Å². The van der Waals surface area contributed by atoms with E-state index in [4.69, 9.17) is 5.11 Å². The van der Waals surface area contributed by atoms with Crippen LogP contribution in [0.2, 0.25) is 0 Å². The van der Waals surface area contributed by atoms with E-state index in [2.05, 4.69) is 35.2 Å². The molecule has 0 aliphatic heterocycles. The van der Waals surface area contributed by atoms with Crippen LogP contribution in [0.15, 0.2) is 42.9 Å². The Morgan fingerprint density at radius 1 is 1.16 bits per heavy atom. The molecule has 1 aromatic carbocycles. The number of rotatable bonds is 3. The Morgan fingerprint density at radius 3 is 2.89 bits per heavy atom. The molecule has 0 saturated carbocycles. The van der Waals surface area contributed by atoms with E-state index in [1.165, 1.54) is 5.56 Å². The van der Waals surface area contributed by atoms with Crippen molar-refractivity contribution in [2.45, 2.75) is 13.5 Å². The number of aromatic nitrogens is 3. The average molecular weight is 253 g/mol. The molecule has 0 amide bonds. The van der Waals surface area contributed by atoms with Crippen molar-refractivity contribution >= 4 is 10.9 Å². The van der Waals surface area contributed by atoms with Crippen LogP contribution in [0.3, 0.4) is 0 Å². The van der Waals surface area contributed by atoms with Gasteiger partial charge < -0.3 is 5.11 Å². The lowest BCUT2D eigenvalue weighted by molar-refractivity contribution is 0.269. The Morgan fingerprint density at radius 2 is 2.05 bits per heavy atom. The normalized spacial score (nSPS) is 11.1. The minimum Gasteiger partial charge on any atom is -0.394 e. The van der Waals surface area contributed by atoms with E-state index >= 15 is 0 Å². The predicted molar refractivity (Wildman–Crippen MR) is 74.8 cm³/mol. The molecule has 0 fully saturated rings. The number of benzene rings is 1. The summed E-state index contributed by atoms with van der Waals surface area (Å²) in [6, 6.07) is 8.34. The third-order valence-electron chi connectivity index (χ3n) is 3.13. The Kier molecular flexibility index (Phi) is 3.01. The molecule has 0 unspecified atom stereocenters. The average Bonchev–Trinajstić information content (AvgIpc) is 2.87. The molecule has 4 nitrogen and oxygen atoms in total. The summed E-state index contributed by atoms with van der Waals surface area (Å²) in [7, 11) is 0. The van der Waals surface area contributed by atoms with Gasteiger partial charge in [0, 0.05) is 28.9 Å². The second-order valence-corrected chi connectivity index (χ2v) is 4.64. The van der Waals surface area contributed by atoms with E-state index < -0.39 is 0 Å². The molecule has 2 aromatic heterocycles. The fourth-order valence-electron chi connectivity index (χ4n) is 2.15. The van der Waals surface area contributed by atoms with Crippen molar-refractivity contribution < 1.29 is 5.11 Å². The smallest absolute Gasteiger partial charge is 0.0702 e. The van der Waals surface area contributed by atoms with E-state index in [0.717, 1.165) is 22.0 Å². The number of aliphatic hydroxyl groups excluding tert-OH is 1. The maximum Gasteiger partial charge on any atom is 0.0702 e. The summed E-state index contributed by atoms with van der Waals surface area (Å²) in [5.41, 5.74) is 4.28. The van der Waals surface area contributed by atoms with Crippen LogP contribution < -0.4 is 0 Å². The van der Waals surface area contributed by atoms with Crippen LogP contribution in [0.25, 0.3) is 22.0 Å². The summed E-state index contributed by atoms with van der Waals surface area (Å²) < 4.78 is 1.73. The first-order valence-corrected chi connectivity index (χ1v) is 6.26. The SMILES string of the molecule is Cc1ccc2ncc(-c3cnn(CCO)c3)cc2c1. The highest BCUT2D eigenvalue weighted by atomic mass is 16.3. The van der Waals surface area contributed by atoms with Crippen molar-refractivity contribution in [2.24, 2.45) is 0 Å². The summed E-state index contributed by atoms with van der Waals surface area (Å²) in [6.07, 6.45) is 5.58. The predicted octanol–water partition coefficient (Wildman–Crippen LogP) is 2.40. The molecule has 3 aromatic rings. The van der Waals surface area contributed by atoms with Crippen LogP contribution in [0.4, 0.5) is 0 Å². The number of nitrogens with zero attached hydrogens (tertiary/aromatic N) is 3. The summed E-state index contributed by atoms with van der Waals surface area (Å²) in [5.74, 6) is 0. The molecule has 0 aliphatic rings. The van der Waals surface area contributed by atoms with Crippen LogP contribution in [0.5, 0.6) is 0 Å². The molecule has 3 rings (SSSR count). The Bertz CT molecular complexity index is 718. The topological polar surface area (TPSA) is 50.9 Å². The van der Waals surface area contributed by atoms with Gasteiger partial charge in [0.15, 0.2) is 0 Å². The second-order valence-electron chi connectivity index (χ2n) is 4.64. The van der Waals surface area contributed by atoms with Crippen molar-refractivity contribution in [1.29, 1.82) is 0 Å². The van der Waals surface area contributed by atoms with E-state index in [9.17, 15) is 0 Å². The number of pyridine rings is 1. The molecule has 19 heavy (non-hydrogen) atoms. The van der Waals surface area contributed by atoms with Crippen molar-refractivity contribution in [1.82, 2.24) is 14.8 Å². The first kappa shape index (κ1) is 11.9. The molecule has 0 atom stereocenters. The maximum atomic E-state index is 8.90. The third-order valence-corrected chi connectivity index (χ3v) is 3.13. The van der Waals surface area contributed by atoms with Crippen molar-refractivity contribution in [3.63, 3.8) is 0 Å². The number of fused-ring (bicyclic) bond motifs is 1. The quantitative estimate of drug-likeness (QED) is 0.779. The molecule has 0 bridgehead atoms. The number of hydrogen-bond acceptors (Lipinski definition) is 3. The van der Waals surface area contributed by atoms with Crippen LogP contribution in [-0.4, -0.2) is 26.5 Å². The third kappa shape index (κ3) is 2.35. The highest BCUT2D eigenvalue weighted by Gasteiger charge is 2.04. The highest BCUT2D eigenvalue weighted by molar-refractivity contribution is 5.83. The van der Waals surface area contributed by atoms with Gasteiger partial charge in [0.1, 0.15) is 0 Å². The lowest BCUT2D eigenvalue weighted by Gasteiger charge is -2.02. The summed E-state index contributed by atoms with van der Waals surface area (Å²) in [4.78, 5) is 4.47. The summed E-state index contributed by atoms with van der Waals surface area (Å²) >= 11 is 0. The van der Waals surface area contributed by atoms with Crippen LogP contribution in [0.1, 0.15) is 5.56 Å². The summed E-state index contributed by atoms with van der Waals surface area (Å²) in [6.45, 7) is 2.68. The fraction of sp³-hybridized carbons (Fsp3) is 0.200. The minimum atomic E-state index is 0.0935. The Hall–Kier alpha value is -2.20. The number of aliphatic hydroxyl groups is 1. The number of hydrogen-bond donors (Lipinski definition) is 1. The van der Waals surface area contributed by atoms with Gasteiger partial charge in [-0.05, 0) is 25.1 Å². The van der Waals surface area contributed by atoms with Gasteiger partial charge in [-0.3, -0.25) is 9.67 Å². The lowest BCUT2D eigenvalue weighted by atomic mass is 10.1. The zero-order chi connectivity index (χ0) is 13.2.